The van der Waals surface area contributed by atoms with Crippen LogP contribution in [0.1, 0.15) is 32.4 Å². The normalized spacial score (nSPS) is 18.9. The molecular weight excluding hydrogens is 272 g/mol. The highest BCUT2D eigenvalue weighted by Crippen LogP contribution is 2.15. The van der Waals surface area contributed by atoms with Crippen LogP contribution in [0.2, 0.25) is 0 Å². The largest absolute Gasteiger partial charge is 0.313 e. The maximum absolute atomic E-state index is 12.1. The molecule has 1 atom stereocenters. The summed E-state index contributed by atoms with van der Waals surface area (Å²) in [6.07, 6.45) is 2.44. The van der Waals surface area contributed by atoms with Crippen LogP contribution in [0.25, 0.3) is 0 Å². The van der Waals surface area contributed by atoms with Crippen LogP contribution in [0, 0.1) is 6.92 Å². The zero-order valence-electron chi connectivity index (χ0n) is 12.5. The molecule has 1 fully saturated rings. The Hall–Kier alpha value is -0.980. The van der Waals surface area contributed by atoms with Crippen LogP contribution >= 0.6 is 11.3 Å². The van der Waals surface area contributed by atoms with Gasteiger partial charge in [-0.05, 0) is 40.2 Å². The number of rotatable bonds is 6. The van der Waals surface area contributed by atoms with Crippen molar-refractivity contribution >= 4 is 22.4 Å². The van der Waals surface area contributed by atoms with Crippen molar-refractivity contribution in [3.63, 3.8) is 0 Å². The van der Waals surface area contributed by atoms with Crippen molar-refractivity contribution in [1.29, 1.82) is 0 Å². The highest BCUT2D eigenvalue weighted by atomic mass is 32.1. The van der Waals surface area contributed by atoms with Gasteiger partial charge in [-0.25, -0.2) is 4.98 Å². The van der Waals surface area contributed by atoms with E-state index in [1.807, 2.05) is 12.3 Å². The molecule has 2 rings (SSSR count). The quantitative estimate of drug-likeness (QED) is 0.841. The van der Waals surface area contributed by atoms with Crippen LogP contribution in [0.15, 0.2) is 5.38 Å². The standard InChI is InChI=1S/C14H24N4OS/c1-10(2)18(7-12-5-4-6-15-12)8-13(19)17-14-16-11(3)9-20-14/h9-10,12,15H,4-8H2,1-3H3,(H,16,17,19). The monoisotopic (exact) mass is 296 g/mol. The molecule has 20 heavy (non-hydrogen) atoms. The zero-order valence-corrected chi connectivity index (χ0v) is 13.3. The first-order valence-corrected chi connectivity index (χ1v) is 8.12. The molecule has 1 aromatic heterocycles. The summed E-state index contributed by atoms with van der Waals surface area (Å²) in [6.45, 7) is 8.65. The number of nitrogens with one attached hydrogen (secondary N) is 2. The van der Waals surface area contributed by atoms with Crippen molar-refractivity contribution in [1.82, 2.24) is 15.2 Å². The lowest BCUT2D eigenvalue weighted by Crippen LogP contribution is -2.44. The Morgan fingerprint density at radius 1 is 1.65 bits per heavy atom. The summed E-state index contributed by atoms with van der Waals surface area (Å²) in [4.78, 5) is 18.6. The van der Waals surface area contributed by atoms with Gasteiger partial charge < -0.3 is 10.6 Å². The van der Waals surface area contributed by atoms with E-state index in [9.17, 15) is 4.79 Å². The molecule has 5 nitrogen and oxygen atoms in total. The number of hydrogen-bond donors (Lipinski definition) is 2. The van der Waals surface area contributed by atoms with Gasteiger partial charge in [0.15, 0.2) is 5.13 Å². The van der Waals surface area contributed by atoms with Crippen molar-refractivity contribution in [2.75, 3.05) is 25.0 Å². The molecule has 1 amide bonds. The summed E-state index contributed by atoms with van der Waals surface area (Å²) >= 11 is 1.47. The predicted octanol–water partition coefficient (Wildman–Crippen LogP) is 1.85. The lowest BCUT2D eigenvalue weighted by atomic mass is 10.2. The average Bonchev–Trinajstić information content (AvgIpc) is 3.00. The first-order valence-electron chi connectivity index (χ1n) is 7.24. The van der Waals surface area contributed by atoms with Crippen molar-refractivity contribution in [3.8, 4) is 0 Å². The molecule has 0 aliphatic carbocycles. The molecule has 0 radical (unpaired) electrons. The molecule has 112 valence electrons. The number of nitrogens with zero attached hydrogens (tertiary/aromatic N) is 2. The van der Waals surface area contributed by atoms with Gasteiger partial charge in [-0.15, -0.1) is 11.3 Å². The highest BCUT2D eigenvalue weighted by Gasteiger charge is 2.21. The molecule has 0 saturated carbocycles. The molecule has 0 bridgehead atoms. The van der Waals surface area contributed by atoms with E-state index in [1.54, 1.807) is 0 Å². The SMILES string of the molecule is Cc1csc(NC(=O)CN(CC2CCCN2)C(C)C)n1. The Kier molecular flexibility index (Phi) is 5.51. The first-order chi connectivity index (χ1) is 9.54. The van der Waals surface area contributed by atoms with Crippen LogP contribution in [0.5, 0.6) is 0 Å². The van der Waals surface area contributed by atoms with Crippen LogP contribution in [0.3, 0.4) is 0 Å². The van der Waals surface area contributed by atoms with E-state index in [0.717, 1.165) is 18.8 Å². The predicted molar refractivity (Wildman–Crippen MR) is 83.2 cm³/mol. The Bertz CT molecular complexity index is 440. The van der Waals surface area contributed by atoms with Crippen molar-refractivity contribution in [3.05, 3.63) is 11.1 Å². The van der Waals surface area contributed by atoms with Gasteiger partial charge in [0.2, 0.25) is 5.91 Å². The van der Waals surface area contributed by atoms with E-state index >= 15 is 0 Å². The number of carbonyl (C=O) groups excluding carboxylic acids is 1. The second-order valence-corrected chi connectivity index (χ2v) is 6.52. The van der Waals surface area contributed by atoms with Gasteiger partial charge in [-0.3, -0.25) is 9.69 Å². The van der Waals surface area contributed by atoms with Crippen molar-refractivity contribution < 1.29 is 4.79 Å². The van der Waals surface area contributed by atoms with E-state index < -0.39 is 0 Å². The van der Waals surface area contributed by atoms with Gasteiger partial charge in [-0.1, -0.05) is 0 Å². The van der Waals surface area contributed by atoms with Crippen molar-refractivity contribution in [2.45, 2.75) is 45.7 Å². The molecule has 1 unspecified atom stereocenters. The van der Waals surface area contributed by atoms with Crippen LogP contribution in [-0.2, 0) is 4.79 Å². The fourth-order valence-electron chi connectivity index (χ4n) is 2.41. The van der Waals surface area contributed by atoms with E-state index in [0.29, 0.717) is 23.8 Å². The van der Waals surface area contributed by atoms with Crippen LogP contribution in [-0.4, -0.2) is 47.5 Å². The number of carbonyl (C=O) groups is 1. The lowest BCUT2D eigenvalue weighted by molar-refractivity contribution is -0.117. The van der Waals surface area contributed by atoms with Gasteiger partial charge in [0.05, 0.1) is 12.2 Å². The molecule has 1 saturated heterocycles. The minimum absolute atomic E-state index is 0.0195. The Labute approximate surface area is 124 Å². The minimum Gasteiger partial charge on any atom is -0.313 e. The summed E-state index contributed by atoms with van der Waals surface area (Å²) in [7, 11) is 0. The lowest BCUT2D eigenvalue weighted by Gasteiger charge is -2.28. The second-order valence-electron chi connectivity index (χ2n) is 5.66. The fraction of sp³-hybridized carbons (Fsp3) is 0.714. The molecule has 0 aromatic carbocycles. The molecule has 2 N–H and O–H groups in total. The van der Waals surface area contributed by atoms with Gasteiger partial charge in [0.25, 0.3) is 0 Å². The van der Waals surface area contributed by atoms with Gasteiger partial charge >= 0.3 is 0 Å². The minimum atomic E-state index is 0.0195. The van der Waals surface area contributed by atoms with E-state index in [4.69, 9.17) is 0 Å². The summed E-state index contributed by atoms with van der Waals surface area (Å²) in [5, 5.41) is 9.00. The summed E-state index contributed by atoms with van der Waals surface area (Å²) < 4.78 is 0. The summed E-state index contributed by atoms with van der Waals surface area (Å²) in [6, 6.07) is 0.883. The molecule has 6 heteroatoms. The van der Waals surface area contributed by atoms with Gasteiger partial charge in [-0.2, -0.15) is 0 Å². The van der Waals surface area contributed by atoms with E-state index in [-0.39, 0.29) is 5.91 Å². The third-order valence-corrected chi connectivity index (χ3v) is 4.44. The summed E-state index contributed by atoms with van der Waals surface area (Å²) in [5.74, 6) is 0.0195. The third kappa shape index (κ3) is 4.54. The van der Waals surface area contributed by atoms with Gasteiger partial charge in [0.1, 0.15) is 0 Å². The number of thiazole rings is 1. The van der Waals surface area contributed by atoms with E-state index in [1.165, 1.54) is 24.2 Å². The van der Waals surface area contributed by atoms with E-state index in [2.05, 4.69) is 34.4 Å². The molecule has 1 aliphatic heterocycles. The molecule has 1 aromatic rings. The Morgan fingerprint density at radius 3 is 3.00 bits per heavy atom. The first kappa shape index (κ1) is 15.4. The molecule has 1 aliphatic rings. The Morgan fingerprint density at radius 2 is 2.45 bits per heavy atom. The maximum Gasteiger partial charge on any atom is 0.240 e. The average molecular weight is 296 g/mol. The number of aryl methyl sites for hydroxylation is 1. The topological polar surface area (TPSA) is 57.3 Å². The number of aromatic nitrogens is 1. The highest BCUT2D eigenvalue weighted by molar-refractivity contribution is 7.13. The second kappa shape index (κ2) is 7.15. The molecule has 0 spiro atoms. The number of hydrogen-bond acceptors (Lipinski definition) is 5. The maximum atomic E-state index is 12.1. The molecular formula is C14H24N4OS. The van der Waals surface area contributed by atoms with Crippen LogP contribution < -0.4 is 10.6 Å². The smallest absolute Gasteiger partial charge is 0.240 e. The fourth-order valence-corrected chi connectivity index (χ4v) is 3.11. The van der Waals surface area contributed by atoms with Crippen molar-refractivity contribution in [2.24, 2.45) is 0 Å². The molecule has 2 heterocycles. The summed E-state index contributed by atoms with van der Waals surface area (Å²) in [5.41, 5.74) is 0.946. The number of anilines is 1. The van der Waals surface area contributed by atoms with Crippen LogP contribution in [0.4, 0.5) is 5.13 Å². The number of amides is 1. The van der Waals surface area contributed by atoms with Gasteiger partial charge in [0, 0.05) is 24.0 Å². The zero-order chi connectivity index (χ0) is 14.5. The third-order valence-electron chi connectivity index (χ3n) is 3.56. The Balaban J connectivity index is 1.85.